The molecule has 0 fully saturated rings. The summed E-state index contributed by atoms with van der Waals surface area (Å²) >= 11 is 0. The van der Waals surface area contributed by atoms with Gasteiger partial charge in [-0.1, -0.05) is 34.6 Å². The van der Waals surface area contributed by atoms with E-state index >= 15 is 0 Å². The second-order valence-corrected chi connectivity index (χ2v) is 5.68. The molecule has 1 rings (SSSR count). The van der Waals surface area contributed by atoms with Gasteiger partial charge >= 0.3 is 5.97 Å². The number of aromatic nitrogens is 1. The summed E-state index contributed by atoms with van der Waals surface area (Å²) in [7, 11) is 0. The van der Waals surface area contributed by atoms with E-state index in [1.165, 1.54) is 0 Å². The summed E-state index contributed by atoms with van der Waals surface area (Å²) in [6, 6.07) is 0. The van der Waals surface area contributed by atoms with E-state index in [1.807, 2.05) is 0 Å². The van der Waals surface area contributed by atoms with Crippen molar-refractivity contribution in [2.24, 2.45) is 11.8 Å². The summed E-state index contributed by atoms with van der Waals surface area (Å²) in [5, 5.41) is 0. The smallest absolute Gasteiger partial charge is 0.376 e. The van der Waals surface area contributed by atoms with E-state index < -0.39 is 5.97 Å². The fraction of sp³-hybridized carbons (Fsp3) is 0.733. The van der Waals surface area contributed by atoms with Gasteiger partial charge in [0.05, 0.1) is 12.3 Å². The second-order valence-electron chi connectivity index (χ2n) is 5.68. The SMILES string of the molecule is CCOC(=O)c1oc(C(C)C(C)C)nc1CC(C)C. The van der Waals surface area contributed by atoms with E-state index in [0.29, 0.717) is 24.3 Å². The number of hydrogen-bond donors (Lipinski definition) is 0. The molecule has 1 heterocycles. The molecule has 0 aliphatic carbocycles. The summed E-state index contributed by atoms with van der Waals surface area (Å²) in [6.07, 6.45) is 0.725. The van der Waals surface area contributed by atoms with E-state index in [1.54, 1.807) is 6.92 Å². The minimum atomic E-state index is -0.409. The van der Waals surface area contributed by atoms with Crippen LogP contribution < -0.4 is 0 Å². The highest BCUT2D eigenvalue weighted by atomic mass is 16.5. The van der Waals surface area contributed by atoms with Crippen molar-refractivity contribution in [3.8, 4) is 0 Å². The van der Waals surface area contributed by atoms with Crippen molar-refractivity contribution in [3.05, 3.63) is 17.3 Å². The van der Waals surface area contributed by atoms with Crippen LogP contribution in [0.25, 0.3) is 0 Å². The van der Waals surface area contributed by atoms with Crippen molar-refractivity contribution >= 4 is 5.97 Å². The van der Waals surface area contributed by atoms with Crippen LogP contribution in [0.3, 0.4) is 0 Å². The molecule has 1 atom stereocenters. The minimum absolute atomic E-state index is 0.189. The second kappa shape index (κ2) is 6.73. The van der Waals surface area contributed by atoms with E-state index in [9.17, 15) is 4.79 Å². The van der Waals surface area contributed by atoms with Crippen LogP contribution in [0.1, 0.15) is 69.6 Å². The van der Waals surface area contributed by atoms with Crippen molar-refractivity contribution in [1.29, 1.82) is 0 Å². The molecular weight excluding hydrogens is 242 g/mol. The van der Waals surface area contributed by atoms with E-state index in [0.717, 1.165) is 12.1 Å². The molecule has 0 N–H and O–H groups in total. The third kappa shape index (κ3) is 4.08. The van der Waals surface area contributed by atoms with Crippen LogP contribution in [0.4, 0.5) is 0 Å². The van der Waals surface area contributed by atoms with Gasteiger partial charge in [-0.25, -0.2) is 9.78 Å². The molecule has 0 aliphatic rings. The maximum Gasteiger partial charge on any atom is 0.376 e. The molecule has 0 bridgehead atoms. The van der Waals surface area contributed by atoms with Crippen molar-refractivity contribution in [2.45, 2.75) is 53.9 Å². The first kappa shape index (κ1) is 15.7. The first-order valence-electron chi connectivity index (χ1n) is 7.03. The van der Waals surface area contributed by atoms with Crippen LogP contribution in [0.15, 0.2) is 4.42 Å². The Kier molecular flexibility index (Phi) is 5.58. The number of rotatable bonds is 6. The van der Waals surface area contributed by atoms with Gasteiger partial charge in [0.1, 0.15) is 0 Å². The molecule has 1 aromatic heterocycles. The lowest BCUT2D eigenvalue weighted by atomic mass is 9.98. The van der Waals surface area contributed by atoms with Crippen LogP contribution in [0, 0.1) is 11.8 Å². The van der Waals surface area contributed by atoms with Crippen LogP contribution in [-0.4, -0.2) is 17.6 Å². The van der Waals surface area contributed by atoms with Gasteiger partial charge < -0.3 is 9.15 Å². The quantitative estimate of drug-likeness (QED) is 0.735. The van der Waals surface area contributed by atoms with Crippen LogP contribution in [0.2, 0.25) is 0 Å². The number of carbonyl (C=O) groups excluding carboxylic acids is 1. The molecule has 1 aromatic rings. The Labute approximate surface area is 115 Å². The minimum Gasteiger partial charge on any atom is -0.460 e. The van der Waals surface area contributed by atoms with Crippen LogP contribution >= 0.6 is 0 Å². The fourth-order valence-corrected chi connectivity index (χ4v) is 1.73. The van der Waals surface area contributed by atoms with Crippen molar-refractivity contribution < 1.29 is 13.9 Å². The van der Waals surface area contributed by atoms with Gasteiger partial charge in [-0.2, -0.15) is 0 Å². The Morgan fingerprint density at radius 3 is 2.37 bits per heavy atom. The largest absolute Gasteiger partial charge is 0.460 e. The standard InChI is InChI=1S/C15H25NO3/c1-7-18-15(17)13-12(8-9(2)3)16-14(19-13)11(6)10(4)5/h9-11H,7-8H2,1-6H3. The fourth-order valence-electron chi connectivity index (χ4n) is 1.73. The summed E-state index contributed by atoms with van der Waals surface area (Å²) in [5.74, 6) is 1.52. The van der Waals surface area contributed by atoms with Gasteiger partial charge in [-0.3, -0.25) is 0 Å². The highest BCUT2D eigenvalue weighted by Gasteiger charge is 2.25. The Hall–Kier alpha value is -1.32. The Bertz CT molecular complexity index is 421. The van der Waals surface area contributed by atoms with Gasteiger partial charge in [0.25, 0.3) is 0 Å². The zero-order valence-corrected chi connectivity index (χ0v) is 12.8. The number of carbonyl (C=O) groups is 1. The van der Waals surface area contributed by atoms with Gasteiger partial charge in [-0.15, -0.1) is 0 Å². The molecule has 0 aromatic carbocycles. The first-order valence-corrected chi connectivity index (χ1v) is 7.03. The van der Waals surface area contributed by atoms with Gasteiger partial charge in [0.2, 0.25) is 5.76 Å². The maximum absolute atomic E-state index is 11.9. The third-order valence-corrected chi connectivity index (χ3v) is 3.17. The topological polar surface area (TPSA) is 52.3 Å². The molecule has 0 spiro atoms. The molecule has 0 saturated carbocycles. The summed E-state index contributed by atoms with van der Waals surface area (Å²) in [6.45, 7) is 12.6. The zero-order chi connectivity index (χ0) is 14.6. The number of hydrogen-bond acceptors (Lipinski definition) is 4. The molecule has 0 amide bonds. The average Bonchev–Trinajstić information content (AvgIpc) is 2.71. The molecule has 108 valence electrons. The van der Waals surface area contributed by atoms with Crippen LogP contribution in [-0.2, 0) is 11.2 Å². The van der Waals surface area contributed by atoms with E-state index in [-0.39, 0.29) is 11.7 Å². The highest BCUT2D eigenvalue weighted by Crippen LogP contribution is 2.26. The summed E-state index contributed by atoms with van der Waals surface area (Å²) in [5.41, 5.74) is 0.718. The predicted molar refractivity (Wildman–Crippen MR) is 74.3 cm³/mol. The van der Waals surface area contributed by atoms with Crippen molar-refractivity contribution in [1.82, 2.24) is 4.98 Å². The van der Waals surface area contributed by atoms with E-state index in [4.69, 9.17) is 9.15 Å². The Balaban J connectivity index is 3.08. The first-order chi connectivity index (χ1) is 8.86. The molecule has 4 heteroatoms. The molecule has 19 heavy (non-hydrogen) atoms. The lowest BCUT2D eigenvalue weighted by molar-refractivity contribution is 0.0485. The summed E-state index contributed by atoms with van der Waals surface area (Å²) in [4.78, 5) is 16.4. The monoisotopic (exact) mass is 267 g/mol. The Morgan fingerprint density at radius 1 is 1.26 bits per heavy atom. The highest BCUT2D eigenvalue weighted by molar-refractivity contribution is 5.87. The van der Waals surface area contributed by atoms with Crippen LogP contribution in [0.5, 0.6) is 0 Å². The maximum atomic E-state index is 11.9. The van der Waals surface area contributed by atoms with Gasteiger partial charge in [0.15, 0.2) is 5.89 Å². The lowest BCUT2D eigenvalue weighted by Gasteiger charge is -2.10. The predicted octanol–water partition coefficient (Wildman–Crippen LogP) is 3.81. The number of nitrogens with zero attached hydrogens (tertiary/aromatic N) is 1. The zero-order valence-electron chi connectivity index (χ0n) is 12.8. The molecule has 4 nitrogen and oxygen atoms in total. The molecule has 1 unspecified atom stereocenters. The lowest BCUT2D eigenvalue weighted by Crippen LogP contribution is -2.08. The van der Waals surface area contributed by atoms with Gasteiger partial charge in [0, 0.05) is 5.92 Å². The third-order valence-electron chi connectivity index (χ3n) is 3.17. The number of ether oxygens (including phenoxy) is 1. The Morgan fingerprint density at radius 2 is 1.89 bits per heavy atom. The average molecular weight is 267 g/mol. The van der Waals surface area contributed by atoms with E-state index in [2.05, 4.69) is 39.6 Å². The molecule has 0 radical (unpaired) electrons. The summed E-state index contributed by atoms with van der Waals surface area (Å²) < 4.78 is 10.7. The normalized spacial score (nSPS) is 13.1. The number of oxazole rings is 1. The van der Waals surface area contributed by atoms with Crippen molar-refractivity contribution in [3.63, 3.8) is 0 Å². The molecule has 0 saturated heterocycles. The molecule has 0 aliphatic heterocycles. The van der Waals surface area contributed by atoms with Crippen molar-refractivity contribution in [2.75, 3.05) is 6.61 Å². The van der Waals surface area contributed by atoms with Gasteiger partial charge in [-0.05, 0) is 25.2 Å². The number of esters is 1. The molecular formula is C15H25NO3.